The van der Waals surface area contributed by atoms with Crippen molar-refractivity contribution in [2.75, 3.05) is 25.1 Å². The lowest BCUT2D eigenvalue weighted by atomic mass is 10.1. The molecule has 2 aromatic rings. The Kier molecular flexibility index (Phi) is 3.77. The first-order valence-corrected chi connectivity index (χ1v) is 8.93. The van der Waals surface area contributed by atoms with E-state index < -0.39 is 9.84 Å². The lowest BCUT2D eigenvalue weighted by Gasteiger charge is -2.30. The summed E-state index contributed by atoms with van der Waals surface area (Å²) < 4.78 is 29.2. The number of rotatable bonds is 4. The molecule has 1 saturated heterocycles. The van der Waals surface area contributed by atoms with Crippen LogP contribution in [0, 0.1) is 0 Å². The normalized spacial score (nSPS) is 22.9. The van der Waals surface area contributed by atoms with E-state index in [1.165, 1.54) is 0 Å². The van der Waals surface area contributed by atoms with Gasteiger partial charge in [0.1, 0.15) is 11.3 Å². The Morgan fingerprint density at radius 1 is 1.43 bits per heavy atom. The van der Waals surface area contributed by atoms with Gasteiger partial charge in [-0.1, -0.05) is 18.2 Å². The number of likely N-dealkylation sites (N-methyl/N-ethyl adjacent to an activating group) is 1. The quantitative estimate of drug-likeness (QED) is 0.927. The third kappa shape index (κ3) is 2.84. The predicted octanol–water partition coefficient (Wildman–Crippen LogP) is 1.55. The highest BCUT2D eigenvalue weighted by Gasteiger charge is 2.34. The van der Waals surface area contributed by atoms with Crippen LogP contribution in [0.2, 0.25) is 0 Å². The fraction of sp³-hybridized carbons (Fsp3) is 0.467. The van der Waals surface area contributed by atoms with Crippen LogP contribution >= 0.6 is 0 Å². The van der Waals surface area contributed by atoms with E-state index in [9.17, 15) is 8.42 Å². The number of benzene rings is 1. The largest absolute Gasteiger partial charge is 0.459 e. The maximum atomic E-state index is 11.7. The molecule has 0 radical (unpaired) electrons. The van der Waals surface area contributed by atoms with Crippen molar-refractivity contribution in [3.8, 4) is 0 Å². The van der Waals surface area contributed by atoms with Crippen LogP contribution in [-0.4, -0.2) is 44.5 Å². The van der Waals surface area contributed by atoms with E-state index >= 15 is 0 Å². The summed E-state index contributed by atoms with van der Waals surface area (Å²) in [6.07, 6.45) is 0.662. The van der Waals surface area contributed by atoms with E-state index in [4.69, 9.17) is 10.2 Å². The van der Waals surface area contributed by atoms with Gasteiger partial charge in [-0.25, -0.2) is 8.42 Å². The molecule has 0 bridgehead atoms. The van der Waals surface area contributed by atoms with E-state index in [1.54, 1.807) is 0 Å². The highest BCUT2D eigenvalue weighted by molar-refractivity contribution is 7.91. The molecule has 21 heavy (non-hydrogen) atoms. The van der Waals surface area contributed by atoms with Crippen LogP contribution in [0.4, 0.5) is 0 Å². The van der Waals surface area contributed by atoms with Crippen molar-refractivity contribution in [3.63, 3.8) is 0 Å². The topological polar surface area (TPSA) is 76.5 Å². The van der Waals surface area contributed by atoms with Gasteiger partial charge in [-0.2, -0.15) is 0 Å². The predicted molar refractivity (Wildman–Crippen MR) is 82.8 cm³/mol. The minimum Gasteiger partial charge on any atom is -0.459 e. The first kappa shape index (κ1) is 14.6. The second kappa shape index (κ2) is 5.44. The van der Waals surface area contributed by atoms with Crippen LogP contribution in [0.1, 0.15) is 18.2 Å². The molecule has 0 amide bonds. The molecule has 0 saturated carbocycles. The van der Waals surface area contributed by atoms with Crippen molar-refractivity contribution in [2.24, 2.45) is 5.73 Å². The van der Waals surface area contributed by atoms with Gasteiger partial charge < -0.3 is 10.2 Å². The lowest BCUT2D eigenvalue weighted by Crippen LogP contribution is -2.39. The summed E-state index contributed by atoms with van der Waals surface area (Å²) in [5, 5.41) is 1.04. The van der Waals surface area contributed by atoms with Crippen molar-refractivity contribution >= 4 is 20.8 Å². The molecule has 2 heterocycles. The fourth-order valence-corrected chi connectivity index (χ4v) is 4.79. The number of hydrogen-bond donors (Lipinski definition) is 1. The Morgan fingerprint density at radius 2 is 2.19 bits per heavy atom. The van der Waals surface area contributed by atoms with Gasteiger partial charge in [0.25, 0.3) is 0 Å². The van der Waals surface area contributed by atoms with Crippen molar-refractivity contribution in [1.82, 2.24) is 4.90 Å². The third-order valence-corrected chi connectivity index (χ3v) is 6.02. The highest BCUT2D eigenvalue weighted by atomic mass is 32.2. The molecule has 0 spiro atoms. The summed E-state index contributed by atoms with van der Waals surface area (Å²) in [7, 11) is -0.975. The summed E-state index contributed by atoms with van der Waals surface area (Å²) in [6, 6.07) is 9.72. The van der Waals surface area contributed by atoms with Crippen LogP contribution in [-0.2, 0) is 9.84 Å². The molecule has 5 nitrogen and oxygen atoms in total. The zero-order valence-electron chi connectivity index (χ0n) is 12.0. The zero-order valence-corrected chi connectivity index (χ0v) is 12.8. The van der Waals surface area contributed by atoms with E-state index in [2.05, 4.69) is 0 Å². The standard InChI is InChI=1S/C15H20N2O3S/c1-17(12-6-7-21(18,19)10-12)13(9-16)15-8-11-4-2-3-5-14(11)20-15/h2-5,8,12-13H,6-7,9-10,16H2,1H3. The Hall–Kier alpha value is -1.37. The maximum Gasteiger partial charge on any atom is 0.151 e. The van der Waals surface area contributed by atoms with Gasteiger partial charge in [0.15, 0.2) is 9.84 Å². The number of fused-ring (bicyclic) bond motifs is 1. The van der Waals surface area contributed by atoms with Crippen molar-refractivity contribution < 1.29 is 12.8 Å². The van der Waals surface area contributed by atoms with Gasteiger partial charge in [0.2, 0.25) is 0 Å². The van der Waals surface area contributed by atoms with Gasteiger partial charge in [0.05, 0.1) is 17.5 Å². The van der Waals surface area contributed by atoms with Gasteiger partial charge >= 0.3 is 0 Å². The molecule has 0 aliphatic carbocycles. The molecule has 114 valence electrons. The first-order valence-electron chi connectivity index (χ1n) is 7.11. The summed E-state index contributed by atoms with van der Waals surface area (Å²) in [5.41, 5.74) is 6.74. The van der Waals surface area contributed by atoms with Crippen LogP contribution in [0.25, 0.3) is 11.0 Å². The Morgan fingerprint density at radius 3 is 2.81 bits per heavy atom. The number of hydrogen-bond acceptors (Lipinski definition) is 5. The van der Waals surface area contributed by atoms with Gasteiger partial charge in [0, 0.05) is 18.0 Å². The molecule has 2 N–H and O–H groups in total. The average molecular weight is 308 g/mol. The monoisotopic (exact) mass is 308 g/mol. The smallest absolute Gasteiger partial charge is 0.151 e. The second-order valence-corrected chi connectivity index (χ2v) is 7.89. The minimum absolute atomic E-state index is 0.0109. The molecule has 1 aromatic heterocycles. The number of para-hydroxylation sites is 1. The van der Waals surface area contributed by atoms with E-state index in [-0.39, 0.29) is 23.6 Å². The Balaban J connectivity index is 1.87. The van der Waals surface area contributed by atoms with Crippen molar-refractivity contribution in [1.29, 1.82) is 0 Å². The molecule has 1 aliphatic heterocycles. The third-order valence-electron chi connectivity index (χ3n) is 4.27. The summed E-state index contributed by atoms with van der Waals surface area (Å²) in [6.45, 7) is 0.396. The van der Waals surface area contributed by atoms with Crippen LogP contribution < -0.4 is 5.73 Å². The minimum atomic E-state index is -2.90. The van der Waals surface area contributed by atoms with E-state index in [0.717, 1.165) is 16.7 Å². The highest BCUT2D eigenvalue weighted by Crippen LogP contribution is 2.29. The van der Waals surface area contributed by atoms with Crippen molar-refractivity contribution in [3.05, 3.63) is 36.1 Å². The number of furan rings is 1. The van der Waals surface area contributed by atoms with Gasteiger partial charge in [-0.3, -0.25) is 4.90 Å². The zero-order chi connectivity index (χ0) is 15.0. The molecule has 1 fully saturated rings. The molecule has 6 heteroatoms. The molecular formula is C15H20N2O3S. The maximum absolute atomic E-state index is 11.7. The molecule has 3 rings (SSSR count). The number of sulfone groups is 1. The summed E-state index contributed by atoms with van der Waals surface area (Å²) in [5.74, 6) is 1.27. The molecular weight excluding hydrogens is 288 g/mol. The van der Waals surface area contributed by atoms with Gasteiger partial charge in [-0.15, -0.1) is 0 Å². The van der Waals surface area contributed by atoms with Crippen LogP contribution in [0.5, 0.6) is 0 Å². The van der Waals surface area contributed by atoms with Crippen LogP contribution in [0.3, 0.4) is 0 Å². The Bertz CT molecular complexity index is 705. The second-order valence-electron chi connectivity index (χ2n) is 5.66. The average Bonchev–Trinajstić information content (AvgIpc) is 3.02. The Labute approximate surface area is 124 Å². The lowest BCUT2D eigenvalue weighted by molar-refractivity contribution is 0.173. The molecule has 1 aliphatic rings. The van der Waals surface area contributed by atoms with Gasteiger partial charge in [-0.05, 0) is 25.6 Å². The fourth-order valence-electron chi connectivity index (χ4n) is 3.00. The number of nitrogens with two attached hydrogens (primary N) is 1. The van der Waals surface area contributed by atoms with Crippen molar-refractivity contribution in [2.45, 2.75) is 18.5 Å². The van der Waals surface area contributed by atoms with Crippen LogP contribution in [0.15, 0.2) is 34.7 Å². The molecule has 2 atom stereocenters. The number of nitrogens with zero attached hydrogens (tertiary/aromatic N) is 1. The molecule has 2 unspecified atom stereocenters. The van der Waals surface area contributed by atoms with E-state index in [0.29, 0.717) is 13.0 Å². The first-order chi connectivity index (χ1) is 10.00. The summed E-state index contributed by atoms with van der Waals surface area (Å²) >= 11 is 0. The van der Waals surface area contributed by atoms with E-state index in [1.807, 2.05) is 42.3 Å². The SMILES string of the molecule is CN(C1CCS(=O)(=O)C1)C(CN)c1cc2ccccc2o1. The summed E-state index contributed by atoms with van der Waals surface area (Å²) in [4.78, 5) is 2.04. The molecule has 1 aromatic carbocycles.